The number of thiazole rings is 1. The van der Waals surface area contributed by atoms with Gasteiger partial charge in [-0.1, -0.05) is 48.2 Å². The number of hydrogen-bond acceptors (Lipinski definition) is 4. The van der Waals surface area contributed by atoms with Crippen molar-refractivity contribution in [2.75, 3.05) is 5.75 Å². The van der Waals surface area contributed by atoms with Crippen LogP contribution in [0, 0.1) is 6.92 Å². The number of para-hydroxylation sites is 1. The topological polar surface area (TPSA) is 42.0 Å². The van der Waals surface area contributed by atoms with Crippen LogP contribution in [0.4, 0.5) is 0 Å². The molecule has 24 heavy (non-hydrogen) atoms. The first-order chi connectivity index (χ1) is 11.6. The maximum Gasteiger partial charge on any atom is 0.221 e. The first-order valence-electron chi connectivity index (χ1n) is 7.97. The van der Waals surface area contributed by atoms with E-state index in [-0.39, 0.29) is 11.9 Å². The molecule has 0 aliphatic rings. The number of carbonyl (C=O) groups is 1. The summed E-state index contributed by atoms with van der Waals surface area (Å²) < 4.78 is 2.22. The standard InChI is InChI=1S/C19H20N2OS2/c1-13-7-3-4-8-15(13)14(2)20-18(22)11-12-23-19-21-16-9-5-6-10-17(16)24-19/h3-10,14H,11-12H2,1-2H3,(H,20,22)/t14-/m0/s1. The fourth-order valence-corrected chi connectivity index (χ4v) is 4.68. The summed E-state index contributed by atoms with van der Waals surface area (Å²) in [5.41, 5.74) is 3.40. The largest absolute Gasteiger partial charge is 0.350 e. The minimum absolute atomic E-state index is 0.0335. The number of hydrogen-bond donors (Lipinski definition) is 1. The van der Waals surface area contributed by atoms with Gasteiger partial charge in [0.2, 0.25) is 5.91 Å². The molecule has 0 radical (unpaired) electrons. The lowest BCUT2D eigenvalue weighted by Crippen LogP contribution is -2.27. The van der Waals surface area contributed by atoms with E-state index in [9.17, 15) is 4.79 Å². The average molecular weight is 357 g/mol. The van der Waals surface area contributed by atoms with Gasteiger partial charge < -0.3 is 5.32 Å². The van der Waals surface area contributed by atoms with Crippen LogP contribution in [0.1, 0.15) is 30.5 Å². The summed E-state index contributed by atoms with van der Waals surface area (Å²) in [5, 5.41) is 3.08. The molecule has 0 bridgehead atoms. The number of benzene rings is 2. The van der Waals surface area contributed by atoms with Crippen LogP contribution in [0.2, 0.25) is 0 Å². The Hall–Kier alpha value is -1.85. The lowest BCUT2D eigenvalue weighted by atomic mass is 10.0. The quantitative estimate of drug-likeness (QED) is 0.634. The van der Waals surface area contributed by atoms with Gasteiger partial charge in [0, 0.05) is 12.2 Å². The molecule has 1 N–H and O–H groups in total. The van der Waals surface area contributed by atoms with Crippen LogP contribution in [-0.4, -0.2) is 16.6 Å². The van der Waals surface area contributed by atoms with Gasteiger partial charge in [-0.15, -0.1) is 11.3 Å². The molecule has 0 fully saturated rings. The average Bonchev–Trinajstić information content (AvgIpc) is 2.97. The maximum absolute atomic E-state index is 12.2. The molecular formula is C19H20N2OS2. The van der Waals surface area contributed by atoms with Crippen molar-refractivity contribution >= 4 is 39.2 Å². The van der Waals surface area contributed by atoms with Crippen LogP contribution < -0.4 is 5.32 Å². The highest BCUT2D eigenvalue weighted by Crippen LogP contribution is 2.29. The highest BCUT2D eigenvalue weighted by molar-refractivity contribution is 8.01. The molecule has 1 aromatic heterocycles. The van der Waals surface area contributed by atoms with E-state index < -0.39 is 0 Å². The molecule has 5 heteroatoms. The second kappa shape index (κ2) is 7.81. The number of nitrogens with one attached hydrogen (secondary N) is 1. The smallest absolute Gasteiger partial charge is 0.221 e. The monoisotopic (exact) mass is 356 g/mol. The molecule has 0 aliphatic heterocycles. The minimum Gasteiger partial charge on any atom is -0.350 e. The summed E-state index contributed by atoms with van der Waals surface area (Å²) in [5.74, 6) is 0.825. The first kappa shape index (κ1) is 17.0. The summed E-state index contributed by atoms with van der Waals surface area (Å²) in [6, 6.07) is 16.3. The zero-order valence-corrected chi connectivity index (χ0v) is 15.4. The molecule has 124 valence electrons. The Morgan fingerprint density at radius 1 is 1.21 bits per heavy atom. The van der Waals surface area contributed by atoms with Gasteiger partial charge in [-0.25, -0.2) is 4.98 Å². The summed E-state index contributed by atoms with van der Waals surface area (Å²) in [6.45, 7) is 4.10. The lowest BCUT2D eigenvalue weighted by molar-refractivity contribution is -0.121. The summed E-state index contributed by atoms with van der Waals surface area (Å²) >= 11 is 3.33. The molecule has 3 nitrogen and oxygen atoms in total. The van der Waals surface area contributed by atoms with E-state index in [2.05, 4.69) is 35.4 Å². The first-order valence-corrected chi connectivity index (χ1v) is 9.77. The number of aryl methyl sites for hydroxylation is 1. The van der Waals surface area contributed by atoms with Crippen LogP contribution in [0.15, 0.2) is 52.9 Å². The number of amides is 1. The predicted octanol–water partition coefficient (Wildman–Crippen LogP) is 4.96. The Morgan fingerprint density at radius 3 is 2.75 bits per heavy atom. The number of thioether (sulfide) groups is 1. The Labute approximate surface area is 150 Å². The minimum atomic E-state index is 0.0335. The van der Waals surface area contributed by atoms with Gasteiger partial charge in [0.1, 0.15) is 0 Å². The molecule has 1 atom stereocenters. The van der Waals surface area contributed by atoms with Gasteiger partial charge in [-0.3, -0.25) is 4.79 Å². The van der Waals surface area contributed by atoms with Gasteiger partial charge >= 0.3 is 0 Å². The number of nitrogens with zero attached hydrogens (tertiary/aromatic N) is 1. The molecule has 3 rings (SSSR count). The normalized spacial score (nSPS) is 12.2. The fraction of sp³-hybridized carbons (Fsp3) is 0.263. The third kappa shape index (κ3) is 4.16. The van der Waals surface area contributed by atoms with Crippen molar-refractivity contribution < 1.29 is 4.79 Å². The Bertz CT molecular complexity index is 811. The molecule has 0 saturated heterocycles. The van der Waals surface area contributed by atoms with Gasteiger partial charge in [-0.05, 0) is 37.1 Å². The number of carbonyl (C=O) groups excluding carboxylic acids is 1. The van der Waals surface area contributed by atoms with Crippen LogP contribution in [0.25, 0.3) is 10.2 Å². The van der Waals surface area contributed by atoms with E-state index in [1.807, 2.05) is 37.3 Å². The third-order valence-electron chi connectivity index (χ3n) is 3.86. The molecule has 3 aromatic rings. The second-order valence-corrected chi connectivity index (χ2v) is 8.06. The van der Waals surface area contributed by atoms with Crippen molar-refractivity contribution in [1.29, 1.82) is 0 Å². The van der Waals surface area contributed by atoms with Crippen LogP contribution >= 0.6 is 23.1 Å². The van der Waals surface area contributed by atoms with Gasteiger partial charge in [0.05, 0.1) is 16.3 Å². The van der Waals surface area contributed by atoms with Gasteiger partial charge in [0.15, 0.2) is 4.34 Å². The van der Waals surface area contributed by atoms with Crippen LogP contribution in [0.3, 0.4) is 0 Å². The van der Waals surface area contributed by atoms with Crippen molar-refractivity contribution in [3.63, 3.8) is 0 Å². The molecule has 1 heterocycles. The molecular weight excluding hydrogens is 336 g/mol. The molecule has 0 saturated carbocycles. The van der Waals surface area contributed by atoms with E-state index in [0.717, 1.165) is 15.6 Å². The van der Waals surface area contributed by atoms with Crippen molar-refractivity contribution in [1.82, 2.24) is 10.3 Å². The van der Waals surface area contributed by atoms with E-state index in [1.165, 1.54) is 15.8 Å². The summed E-state index contributed by atoms with van der Waals surface area (Å²) in [4.78, 5) is 16.7. The van der Waals surface area contributed by atoms with Crippen molar-refractivity contribution in [2.45, 2.75) is 30.6 Å². The van der Waals surface area contributed by atoms with Crippen LogP contribution in [-0.2, 0) is 4.79 Å². The molecule has 2 aromatic carbocycles. The van der Waals surface area contributed by atoms with Crippen molar-refractivity contribution in [2.24, 2.45) is 0 Å². The number of fused-ring (bicyclic) bond motifs is 1. The Morgan fingerprint density at radius 2 is 1.96 bits per heavy atom. The lowest BCUT2D eigenvalue weighted by Gasteiger charge is -2.16. The Kier molecular flexibility index (Phi) is 5.53. The SMILES string of the molecule is Cc1ccccc1[C@H](C)NC(=O)CCSc1nc2ccccc2s1. The third-order valence-corrected chi connectivity index (χ3v) is 6.04. The van der Waals surface area contributed by atoms with E-state index in [0.29, 0.717) is 6.42 Å². The highest BCUT2D eigenvalue weighted by Gasteiger charge is 2.12. The maximum atomic E-state index is 12.2. The fourth-order valence-electron chi connectivity index (χ4n) is 2.61. The van der Waals surface area contributed by atoms with E-state index in [1.54, 1.807) is 23.1 Å². The highest BCUT2D eigenvalue weighted by atomic mass is 32.2. The summed E-state index contributed by atoms with van der Waals surface area (Å²) in [6.07, 6.45) is 0.497. The molecule has 1 amide bonds. The summed E-state index contributed by atoms with van der Waals surface area (Å²) in [7, 11) is 0. The molecule has 0 spiro atoms. The predicted molar refractivity (Wildman–Crippen MR) is 103 cm³/mol. The van der Waals surface area contributed by atoms with Crippen molar-refractivity contribution in [3.05, 3.63) is 59.7 Å². The van der Waals surface area contributed by atoms with Gasteiger partial charge in [-0.2, -0.15) is 0 Å². The zero-order valence-electron chi connectivity index (χ0n) is 13.8. The Balaban J connectivity index is 1.49. The molecule has 0 aliphatic carbocycles. The van der Waals surface area contributed by atoms with Gasteiger partial charge in [0.25, 0.3) is 0 Å². The number of aromatic nitrogens is 1. The zero-order chi connectivity index (χ0) is 16.9. The number of rotatable bonds is 6. The second-order valence-electron chi connectivity index (χ2n) is 5.69. The van der Waals surface area contributed by atoms with Crippen molar-refractivity contribution in [3.8, 4) is 0 Å². The van der Waals surface area contributed by atoms with E-state index >= 15 is 0 Å². The molecule has 0 unspecified atom stereocenters. The van der Waals surface area contributed by atoms with Crippen LogP contribution in [0.5, 0.6) is 0 Å². The van der Waals surface area contributed by atoms with E-state index in [4.69, 9.17) is 0 Å².